The molecule has 0 aromatic heterocycles. The van der Waals surface area contributed by atoms with E-state index in [9.17, 15) is 27.9 Å². The molecule has 1 atom stereocenters. The first kappa shape index (κ1) is 27.1. The van der Waals surface area contributed by atoms with Gasteiger partial charge in [-0.2, -0.15) is 13.2 Å². The van der Waals surface area contributed by atoms with Gasteiger partial charge in [-0.3, -0.25) is 9.59 Å². The Labute approximate surface area is 221 Å². The van der Waals surface area contributed by atoms with Crippen LogP contribution in [0.4, 0.5) is 13.2 Å². The number of alkyl halides is 3. The second kappa shape index (κ2) is 10.8. The van der Waals surface area contributed by atoms with Crippen LogP contribution in [0.3, 0.4) is 0 Å². The molecule has 1 aliphatic rings. The predicted octanol–water partition coefficient (Wildman–Crippen LogP) is 6.39. The number of hydrogen-bond donors (Lipinski definition) is 1. The van der Waals surface area contributed by atoms with Crippen LogP contribution in [-0.4, -0.2) is 35.4 Å². The number of likely N-dealkylation sites (tertiary alicyclic amines) is 1. The van der Waals surface area contributed by atoms with Crippen LogP contribution < -0.4 is 9.47 Å². The van der Waals surface area contributed by atoms with Gasteiger partial charge >= 0.3 is 6.18 Å². The highest BCUT2D eigenvalue weighted by molar-refractivity contribution is 6.46. The van der Waals surface area contributed by atoms with Crippen molar-refractivity contribution in [3.05, 3.63) is 99.6 Å². The number of aliphatic hydroxyl groups is 1. The lowest BCUT2D eigenvalue weighted by Crippen LogP contribution is -2.29. The van der Waals surface area contributed by atoms with Gasteiger partial charge < -0.3 is 19.5 Å². The molecule has 0 radical (unpaired) electrons. The van der Waals surface area contributed by atoms with Crippen LogP contribution in [0.5, 0.6) is 11.5 Å². The maximum absolute atomic E-state index is 13.3. The van der Waals surface area contributed by atoms with Gasteiger partial charge in [0.15, 0.2) is 0 Å². The Morgan fingerprint density at radius 3 is 2.47 bits per heavy atom. The Kier molecular flexibility index (Phi) is 7.68. The highest BCUT2D eigenvalue weighted by Gasteiger charge is 2.46. The molecule has 4 rings (SSSR count). The topological polar surface area (TPSA) is 76.1 Å². The van der Waals surface area contributed by atoms with E-state index in [4.69, 9.17) is 21.1 Å². The lowest BCUT2D eigenvalue weighted by Gasteiger charge is -2.26. The molecular weight excluding hydrogens is 523 g/mol. The van der Waals surface area contributed by atoms with Crippen LogP contribution in [0.25, 0.3) is 5.76 Å². The summed E-state index contributed by atoms with van der Waals surface area (Å²) in [7, 11) is 1.45. The zero-order chi connectivity index (χ0) is 27.6. The third kappa shape index (κ3) is 5.33. The summed E-state index contributed by atoms with van der Waals surface area (Å²) in [6.07, 6.45) is -4.58. The van der Waals surface area contributed by atoms with Gasteiger partial charge in [-0.05, 0) is 60.5 Å². The fourth-order valence-electron chi connectivity index (χ4n) is 4.32. The van der Waals surface area contributed by atoms with Crippen LogP contribution in [0.15, 0.2) is 72.3 Å². The van der Waals surface area contributed by atoms with E-state index in [0.717, 1.165) is 17.0 Å². The summed E-state index contributed by atoms with van der Waals surface area (Å²) < 4.78 is 50.7. The molecule has 10 heteroatoms. The molecule has 38 heavy (non-hydrogen) atoms. The molecule has 1 heterocycles. The van der Waals surface area contributed by atoms with Crippen LogP contribution in [0.1, 0.15) is 35.2 Å². The van der Waals surface area contributed by atoms with Crippen LogP contribution >= 0.6 is 11.6 Å². The number of nitrogens with zero attached hydrogens (tertiary/aromatic N) is 1. The molecule has 6 nitrogen and oxygen atoms in total. The number of carbonyl (C=O) groups excluding carboxylic acids is 2. The summed E-state index contributed by atoms with van der Waals surface area (Å²) in [6, 6.07) is 14.4. The minimum absolute atomic E-state index is 0.166. The summed E-state index contributed by atoms with van der Waals surface area (Å²) in [6.45, 7) is 1.75. The Balaban J connectivity index is 1.86. The van der Waals surface area contributed by atoms with Crippen molar-refractivity contribution in [2.45, 2.75) is 25.7 Å². The third-order valence-electron chi connectivity index (χ3n) is 6.06. The summed E-state index contributed by atoms with van der Waals surface area (Å²) in [5, 5.41) is 11.6. The average Bonchev–Trinajstić information content (AvgIpc) is 3.14. The van der Waals surface area contributed by atoms with Crippen LogP contribution in [0.2, 0.25) is 5.02 Å². The second-order valence-corrected chi connectivity index (χ2v) is 8.89. The molecule has 1 aliphatic heterocycles. The lowest BCUT2D eigenvalue weighted by atomic mass is 9.95. The number of Topliss-reactive ketones (excluding diaryl/α,β-unsaturated/α-hetero) is 1. The minimum Gasteiger partial charge on any atom is -0.507 e. The Hall–Kier alpha value is -3.98. The first-order chi connectivity index (χ1) is 18.0. The van der Waals surface area contributed by atoms with E-state index in [1.54, 1.807) is 31.2 Å². The first-order valence-electron chi connectivity index (χ1n) is 11.6. The van der Waals surface area contributed by atoms with Gasteiger partial charge in [-0.25, -0.2) is 0 Å². The quantitative estimate of drug-likeness (QED) is 0.212. The van der Waals surface area contributed by atoms with Crippen molar-refractivity contribution in [3.8, 4) is 11.5 Å². The van der Waals surface area contributed by atoms with Crippen molar-refractivity contribution < 1.29 is 37.3 Å². The van der Waals surface area contributed by atoms with Crippen LogP contribution in [0, 0.1) is 0 Å². The maximum Gasteiger partial charge on any atom is 0.416 e. The minimum atomic E-state index is -4.58. The molecule has 3 aromatic carbocycles. The molecule has 1 unspecified atom stereocenters. The lowest BCUT2D eigenvalue weighted by molar-refractivity contribution is -0.140. The van der Waals surface area contributed by atoms with E-state index in [2.05, 4.69) is 0 Å². The predicted molar refractivity (Wildman–Crippen MR) is 135 cm³/mol. The zero-order valence-corrected chi connectivity index (χ0v) is 21.1. The fourth-order valence-corrected chi connectivity index (χ4v) is 4.49. The molecule has 1 amide bonds. The van der Waals surface area contributed by atoms with E-state index >= 15 is 0 Å². The highest BCUT2D eigenvalue weighted by atomic mass is 35.5. The van der Waals surface area contributed by atoms with E-state index in [0.29, 0.717) is 17.9 Å². The number of aliphatic hydroxyl groups excluding tert-OH is 1. The number of halogens is 4. The summed E-state index contributed by atoms with van der Waals surface area (Å²) >= 11 is 6.16. The standard InChI is InChI=1S/C28H23ClF3NO5/c1-3-38-22-14-18(10-11-21(22)29)25(34)23-24(17-7-5-9-20(13-17)37-2)33(27(36)26(23)35)15-16-6-4-8-19(12-16)28(30,31)32/h4-14,24,34H,3,15H2,1-2H3/b25-23+. The molecule has 1 saturated heterocycles. The molecule has 198 valence electrons. The number of hydrogen-bond acceptors (Lipinski definition) is 5. The van der Waals surface area contributed by atoms with Crippen molar-refractivity contribution in [2.24, 2.45) is 0 Å². The van der Waals surface area contributed by atoms with Crippen molar-refractivity contribution in [3.63, 3.8) is 0 Å². The smallest absolute Gasteiger partial charge is 0.416 e. The Bertz CT molecular complexity index is 1420. The third-order valence-corrected chi connectivity index (χ3v) is 6.37. The summed E-state index contributed by atoms with van der Waals surface area (Å²) in [5.74, 6) is -1.71. The molecular formula is C28H23ClF3NO5. The maximum atomic E-state index is 13.3. The number of carbonyl (C=O) groups is 2. The molecule has 0 saturated carbocycles. The van der Waals surface area contributed by atoms with Crippen LogP contribution in [-0.2, 0) is 22.3 Å². The Morgan fingerprint density at radius 2 is 1.79 bits per heavy atom. The second-order valence-electron chi connectivity index (χ2n) is 8.48. The van der Waals surface area contributed by atoms with Gasteiger partial charge in [-0.1, -0.05) is 35.9 Å². The van der Waals surface area contributed by atoms with E-state index < -0.39 is 35.2 Å². The number of methoxy groups -OCH3 is 1. The van der Waals surface area contributed by atoms with Crippen molar-refractivity contribution in [1.82, 2.24) is 4.90 Å². The summed E-state index contributed by atoms with van der Waals surface area (Å²) in [5.41, 5.74) is -0.326. The number of benzene rings is 3. The Morgan fingerprint density at radius 1 is 1.05 bits per heavy atom. The largest absolute Gasteiger partial charge is 0.507 e. The van der Waals surface area contributed by atoms with Gasteiger partial charge in [-0.15, -0.1) is 0 Å². The first-order valence-corrected chi connectivity index (χ1v) is 11.9. The van der Waals surface area contributed by atoms with Gasteiger partial charge in [0.1, 0.15) is 17.3 Å². The normalized spacial score (nSPS) is 17.1. The van der Waals surface area contributed by atoms with E-state index in [1.165, 1.54) is 37.4 Å². The fraction of sp³-hybridized carbons (Fsp3) is 0.214. The number of ketones is 1. The molecule has 1 N–H and O–H groups in total. The number of rotatable bonds is 7. The number of ether oxygens (including phenoxy) is 2. The monoisotopic (exact) mass is 545 g/mol. The molecule has 3 aromatic rings. The highest BCUT2D eigenvalue weighted by Crippen LogP contribution is 2.42. The number of amides is 1. The molecule has 0 bridgehead atoms. The molecule has 1 fully saturated rings. The van der Waals surface area contributed by atoms with Crippen molar-refractivity contribution in [1.29, 1.82) is 0 Å². The average molecular weight is 546 g/mol. The molecule has 0 spiro atoms. The van der Waals surface area contributed by atoms with Gasteiger partial charge in [0.25, 0.3) is 11.7 Å². The summed E-state index contributed by atoms with van der Waals surface area (Å²) in [4.78, 5) is 27.7. The van der Waals surface area contributed by atoms with Gasteiger partial charge in [0.2, 0.25) is 0 Å². The van der Waals surface area contributed by atoms with Crippen molar-refractivity contribution in [2.75, 3.05) is 13.7 Å². The van der Waals surface area contributed by atoms with Gasteiger partial charge in [0, 0.05) is 12.1 Å². The molecule has 0 aliphatic carbocycles. The van der Waals surface area contributed by atoms with E-state index in [1.807, 2.05) is 0 Å². The van der Waals surface area contributed by atoms with Crippen molar-refractivity contribution >= 4 is 29.1 Å². The van der Waals surface area contributed by atoms with Gasteiger partial charge in [0.05, 0.1) is 35.9 Å². The zero-order valence-electron chi connectivity index (χ0n) is 20.4. The van der Waals surface area contributed by atoms with E-state index in [-0.39, 0.29) is 34.0 Å². The SMILES string of the molecule is CCOc1cc(/C(O)=C2\C(=O)C(=O)N(Cc3cccc(C(F)(F)F)c3)C2c2cccc(OC)c2)ccc1Cl.